The molecule has 3 heterocycles. The lowest BCUT2D eigenvalue weighted by atomic mass is 9.84. The normalized spacial score (nSPS) is 12.4. The molecule has 10 aromatic carbocycles. The van der Waals surface area contributed by atoms with Crippen LogP contribution in [0.2, 0.25) is 0 Å². The summed E-state index contributed by atoms with van der Waals surface area (Å²) in [7, 11) is 0. The van der Waals surface area contributed by atoms with Gasteiger partial charge in [-0.1, -0.05) is 148 Å². The number of rotatable bonds is 4. The second kappa shape index (κ2) is 13.3. The standard InChI is InChI=1S/C60H40O3/c1-60(2,3)55-30-29-50(63-55)39-22-25-47-53(33-39)61-51-27-28-52-59(58(47)51)48-26-23-41(34-54(48)62-52)57-45-17-9-8-16-44(45)56(40-20-19-35-11-4-5-13-37(35)31-40)46-24-21-38(32-49(46)57)43-18-10-14-36-12-6-7-15-42(36)43/h4-34H,1-3H3. The van der Waals surface area contributed by atoms with Gasteiger partial charge in [-0.15, -0.1) is 0 Å². The number of furan rings is 3. The van der Waals surface area contributed by atoms with Crippen molar-refractivity contribution in [2.45, 2.75) is 26.2 Å². The fourth-order valence-electron chi connectivity index (χ4n) is 10.1. The van der Waals surface area contributed by atoms with Crippen molar-refractivity contribution in [3.05, 3.63) is 194 Å². The van der Waals surface area contributed by atoms with E-state index in [0.717, 1.165) is 66.5 Å². The van der Waals surface area contributed by atoms with Crippen LogP contribution in [0.5, 0.6) is 0 Å². The highest BCUT2D eigenvalue weighted by molar-refractivity contribution is 6.27. The maximum atomic E-state index is 6.81. The summed E-state index contributed by atoms with van der Waals surface area (Å²) in [5, 5.41) is 14.0. The molecule has 0 bridgehead atoms. The van der Waals surface area contributed by atoms with E-state index in [9.17, 15) is 0 Å². The van der Waals surface area contributed by atoms with Gasteiger partial charge in [0.15, 0.2) is 0 Å². The van der Waals surface area contributed by atoms with Gasteiger partial charge in [-0.3, -0.25) is 0 Å². The van der Waals surface area contributed by atoms with Crippen LogP contribution in [0.3, 0.4) is 0 Å². The third kappa shape index (κ3) is 5.53. The molecule has 0 unspecified atom stereocenters. The molecule has 0 saturated carbocycles. The number of hydrogen-bond acceptors (Lipinski definition) is 3. The first-order chi connectivity index (χ1) is 30.8. The first kappa shape index (κ1) is 35.8. The molecule has 0 aliphatic carbocycles. The van der Waals surface area contributed by atoms with Crippen LogP contribution in [0.4, 0.5) is 0 Å². The third-order valence-electron chi connectivity index (χ3n) is 13.2. The van der Waals surface area contributed by atoms with Gasteiger partial charge in [-0.2, -0.15) is 0 Å². The van der Waals surface area contributed by atoms with Gasteiger partial charge in [-0.05, 0) is 137 Å². The van der Waals surface area contributed by atoms with Crippen LogP contribution in [0.25, 0.3) is 132 Å². The van der Waals surface area contributed by atoms with Crippen LogP contribution in [0.1, 0.15) is 26.5 Å². The number of hydrogen-bond donors (Lipinski definition) is 0. The molecule has 298 valence electrons. The summed E-state index contributed by atoms with van der Waals surface area (Å²) in [5.74, 6) is 1.79. The van der Waals surface area contributed by atoms with Crippen molar-refractivity contribution in [1.29, 1.82) is 0 Å². The smallest absolute Gasteiger partial charge is 0.136 e. The Morgan fingerprint density at radius 2 is 0.857 bits per heavy atom. The molecule has 13 aromatic rings. The Labute approximate surface area is 363 Å². The van der Waals surface area contributed by atoms with Crippen molar-refractivity contribution in [3.8, 4) is 44.7 Å². The van der Waals surface area contributed by atoms with Crippen LogP contribution in [0.15, 0.2) is 201 Å². The molecule has 3 aromatic heterocycles. The van der Waals surface area contributed by atoms with Gasteiger partial charge in [0.2, 0.25) is 0 Å². The van der Waals surface area contributed by atoms with Crippen LogP contribution in [0, 0.1) is 0 Å². The first-order valence-electron chi connectivity index (χ1n) is 21.7. The van der Waals surface area contributed by atoms with E-state index in [2.05, 4.69) is 197 Å². The van der Waals surface area contributed by atoms with Crippen LogP contribution >= 0.6 is 0 Å². The lowest BCUT2D eigenvalue weighted by Crippen LogP contribution is -2.08. The molecule has 0 radical (unpaired) electrons. The lowest BCUT2D eigenvalue weighted by molar-refractivity contribution is 0.417. The van der Waals surface area contributed by atoms with E-state index in [1.165, 1.54) is 70.9 Å². The molecule has 0 N–H and O–H groups in total. The monoisotopic (exact) mass is 808 g/mol. The fraction of sp³-hybridized carbons (Fsp3) is 0.0667. The summed E-state index contributed by atoms with van der Waals surface area (Å²) in [5.41, 5.74) is 11.4. The fourth-order valence-corrected chi connectivity index (χ4v) is 10.1. The van der Waals surface area contributed by atoms with Crippen molar-refractivity contribution >= 4 is 87.0 Å². The van der Waals surface area contributed by atoms with Crippen molar-refractivity contribution in [3.63, 3.8) is 0 Å². The quantitative estimate of drug-likeness (QED) is 0.166. The summed E-state index contributed by atoms with van der Waals surface area (Å²) in [6, 6.07) is 68.1. The third-order valence-corrected chi connectivity index (χ3v) is 13.2. The summed E-state index contributed by atoms with van der Waals surface area (Å²) >= 11 is 0. The molecule has 0 saturated heterocycles. The average Bonchev–Trinajstić information content (AvgIpc) is 4.06. The maximum Gasteiger partial charge on any atom is 0.136 e. The van der Waals surface area contributed by atoms with Gasteiger partial charge in [0, 0.05) is 32.5 Å². The minimum atomic E-state index is -0.0719. The molecular weight excluding hydrogens is 769 g/mol. The zero-order valence-electron chi connectivity index (χ0n) is 35.1. The number of benzene rings is 10. The molecule has 13 rings (SSSR count). The number of fused-ring (bicyclic) bond motifs is 11. The summed E-state index contributed by atoms with van der Waals surface area (Å²) < 4.78 is 19.7. The molecule has 0 amide bonds. The van der Waals surface area contributed by atoms with Gasteiger partial charge in [0.1, 0.15) is 33.9 Å². The van der Waals surface area contributed by atoms with E-state index in [1.54, 1.807) is 0 Å². The van der Waals surface area contributed by atoms with Crippen molar-refractivity contribution in [1.82, 2.24) is 0 Å². The van der Waals surface area contributed by atoms with E-state index in [0.29, 0.717) is 0 Å². The molecule has 3 heteroatoms. The van der Waals surface area contributed by atoms with Crippen molar-refractivity contribution in [2.24, 2.45) is 0 Å². The molecular formula is C60H40O3. The topological polar surface area (TPSA) is 39.4 Å². The lowest BCUT2D eigenvalue weighted by Gasteiger charge is -2.19. The van der Waals surface area contributed by atoms with Gasteiger partial charge >= 0.3 is 0 Å². The van der Waals surface area contributed by atoms with E-state index in [1.807, 2.05) is 12.1 Å². The molecule has 0 aliphatic rings. The largest absolute Gasteiger partial charge is 0.461 e. The summed E-state index contributed by atoms with van der Waals surface area (Å²) in [6.45, 7) is 6.49. The minimum Gasteiger partial charge on any atom is -0.461 e. The van der Waals surface area contributed by atoms with E-state index >= 15 is 0 Å². The summed E-state index contributed by atoms with van der Waals surface area (Å²) in [4.78, 5) is 0. The Morgan fingerprint density at radius 1 is 0.317 bits per heavy atom. The van der Waals surface area contributed by atoms with Gasteiger partial charge in [0.05, 0.1) is 0 Å². The zero-order valence-corrected chi connectivity index (χ0v) is 35.1. The van der Waals surface area contributed by atoms with E-state index in [-0.39, 0.29) is 5.41 Å². The Morgan fingerprint density at radius 3 is 1.57 bits per heavy atom. The average molecular weight is 809 g/mol. The molecule has 63 heavy (non-hydrogen) atoms. The second-order valence-electron chi connectivity index (χ2n) is 18.0. The zero-order chi connectivity index (χ0) is 42.0. The second-order valence-corrected chi connectivity index (χ2v) is 18.0. The van der Waals surface area contributed by atoms with Crippen LogP contribution in [-0.4, -0.2) is 0 Å². The maximum absolute atomic E-state index is 6.81. The van der Waals surface area contributed by atoms with Crippen LogP contribution in [-0.2, 0) is 5.41 Å². The van der Waals surface area contributed by atoms with Gasteiger partial charge < -0.3 is 13.3 Å². The summed E-state index contributed by atoms with van der Waals surface area (Å²) in [6.07, 6.45) is 0. The van der Waals surface area contributed by atoms with Crippen molar-refractivity contribution in [2.75, 3.05) is 0 Å². The van der Waals surface area contributed by atoms with Gasteiger partial charge in [-0.25, -0.2) is 0 Å². The van der Waals surface area contributed by atoms with Gasteiger partial charge in [0.25, 0.3) is 0 Å². The Balaban J connectivity index is 1.04. The molecule has 0 aliphatic heterocycles. The molecule has 0 fully saturated rings. The predicted molar refractivity (Wildman–Crippen MR) is 264 cm³/mol. The van der Waals surface area contributed by atoms with E-state index in [4.69, 9.17) is 13.3 Å². The Kier molecular flexibility index (Phi) is 7.57. The SMILES string of the molecule is CC(C)(C)c1ccc(-c2ccc3c(c2)oc2ccc4oc5cc(-c6c7ccccc7c(-c7ccc8ccccc8c7)c7ccc(-c8cccc9ccccc89)cc67)ccc5c4c23)o1. The van der Waals surface area contributed by atoms with Crippen molar-refractivity contribution < 1.29 is 13.3 Å². The Bertz CT molecular complexity index is 4010. The molecule has 3 nitrogen and oxygen atoms in total. The highest BCUT2D eigenvalue weighted by Gasteiger charge is 2.23. The predicted octanol–water partition coefficient (Wildman–Crippen LogP) is 17.7. The highest BCUT2D eigenvalue weighted by atomic mass is 16.3. The van der Waals surface area contributed by atoms with Crippen LogP contribution < -0.4 is 0 Å². The van der Waals surface area contributed by atoms with E-state index < -0.39 is 0 Å². The Hall–Kier alpha value is -7.88. The first-order valence-corrected chi connectivity index (χ1v) is 21.7. The highest BCUT2D eigenvalue weighted by Crippen LogP contribution is 2.48. The molecule has 0 atom stereocenters. The molecule has 0 spiro atoms. The minimum absolute atomic E-state index is 0.0719.